The minimum absolute atomic E-state index is 0.00699. The van der Waals surface area contributed by atoms with Gasteiger partial charge in [-0.2, -0.15) is 0 Å². The molecule has 2 aliphatic heterocycles. The molecule has 4 rings (SSSR count). The van der Waals surface area contributed by atoms with Crippen LogP contribution in [0.4, 0.5) is 4.39 Å². The van der Waals surface area contributed by atoms with Crippen LogP contribution in [-0.4, -0.2) is 71.2 Å². The van der Waals surface area contributed by atoms with Crippen LogP contribution in [-0.2, 0) is 20.8 Å². The van der Waals surface area contributed by atoms with E-state index in [0.717, 1.165) is 11.1 Å². The zero-order valence-corrected chi connectivity index (χ0v) is 21.2. The number of hydrogen-bond acceptors (Lipinski definition) is 4. The van der Waals surface area contributed by atoms with E-state index >= 15 is 0 Å². The van der Waals surface area contributed by atoms with Crippen LogP contribution in [0.25, 0.3) is 0 Å². The molecule has 3 amide bonds. The van der Waals surface area contributed by atoms with E-state index in [-0.39, 0.29) is 23.5 Å². The average Bonchev–Trinajstić information content (AvgIpc) is 2.90. The van der Waals surface area contributed by atoms with Gasteiger partial charge in [0.15, 0.2) is 6.10 Å². The normalized spacial score (nSPS) is 18.4. The van der Waals surface area contributed by atoms with Crippen LogP contribution in [0.5, 0.6) is 5.75 Å². The first-order valence-corrected chi connectivity index (χ1v) is 12.7. The zero-order chi connectivity index (χ0) is 25.8. The molecule has 36 heavy (non-hydrogen) atoms. The van der Waals surface area contributed by atoms with Gasteiger partial charge in [-0.05, 0) is 53.8 Å². The van der Waals surface area contributed by atoms with Crippen molar-refractivity contribution in [1.29, 1.82) is 0 Å². The van der Waals surface area contributed by atoms with Crippen molar-refractivity contribution in [1.82, 2.24) is 14.7 Å². The lowest BCUT2D eigenvalue weighted by atomic mass is 9.87. The van der Waals surface area contributed by atoms with Gasteiger partial charge in [0.05, 0.1) is 6.04 Å². The highest BCUT2D eigenvalue weighted by Gasteiger charge is 2.33. The van der Waals surface area contributed by atoms with E-state index in [1.54, 1.807) is 20.8 Å². The topological polar surface area (TPSA) is 70.2 Å². The van der Waals surface area contributed by atoms with E-state index in [0.29, 0.717) is 63.3 Å². The van der Waals surface area contributed by atoms with Gasteiger partial charge in [-0.3, -0.25) is 14.4 Å². The summed E-state index contributed by atoms with van der Waals surface area (Å²) in [6.45, 7) is 7.84. The Morgan fingerprint density at radius 1 is 1.00 bits per heavy atom. The third-order valence-electron chi connectivity index (χ3n) is 7.09. The Morgan fingerprint density at radius 2 is 1.72 bits per heavy atom. The lowest BCUT2D eigenvalue weighted by Crippen LogP contribution is -2.53. The van der Waals surface area contributed by atoms with Crippen molar-refractivity contribution in [2.24, 2.45) is 0 Å². The molecule has 2 heterocycles. The number of piperazine rings is 1. The fourth-order valence-electron chi connectivity index (χ4n) is 5.09. The van der Waals surface area contributed by atoms with Gasteiger partial charge in [0.1, 0.15) is 11.6 Å². The summed E-state index contributed by atoms with van der Waals surface area (Å²) in [6, 6.07) is 11.7. The summed E-state index contributed by atoms with van der Waals surface area (Å²) in [7, 11) is 0. The molecule has 0 saturated carbocycles. The van der Waals surface area contributed by atoms with Gasteiger partial charge >= 0.3 is 0 Å². The summed E-state index contributed by atoms with van der Waals surface area (Å²) in [4.78, 5) is 42.9. The molecule has 0 aromatic heterocycles. The Morgan fingerprint density at radius 3 is 2.36 bits per heavy atom. The highest BCUT2D eigenvalue weighted by molar-refractivity contribution is 5.82. The summed E-state index contributed by atoms with van der Waals surface area (Å²) < 4.78 is 20.3. The maximum Gasteiger partial charge on any atom is 0.263 e. The fraction of sp³-hybridized carbons (Fsp3) is 0.464. The lowest BCUT2D eigenvalue weighted by Gasteiger charge is -2.38. The molecule has 0 radical (unpaired) electrons. The fourth-order valence-corrected chi connectivity index (χ4v) is 5.09. The number of hydrogen-bond donors (Lipinski definition) is 0. The third kappa shape index (κ3) is 5.37. The first-order valence-electron chi connectivity index (χ1n) is 12.7. The molecular formula is C28H34FN3O4. The molecular weight excluding hydrogens is 461 g/mol. The number of halogens is 1. The molecule has 192 valence electrons. The van der Waals surface area contributed by atoms with Gasteiger partial charge in [-0.15, -0.1) is 0 Å². The molecule has 1 saturated heterocycles. The van der Waals surface area contributed by atoms with Gasteiger partial charge in [-0.1, -0.05) is 32.0 Å². The summed E-state index contributed by atoms with van der Waals surface area (Å²) in [6.07, 6.45) is 0.901. The van der Waals surface area contributed by atoms with E-state index in [1.807, 2.05) is 38.1 Å². The first-order chi connectivity index (χ1) is 17.3. The second-order valence-corrected chi connectivity index (χ2v) is 9.35. The monoisotopic (exact) mass is 495 g/mol. The Bertz CT molecular complexity index is 1130. The van der Waals surface area contributed by atoms with Gasteiger partial charge in [0.25, 0.3) is 5.91 Å². The molecule has 2 atom stereocenters. The number of amides is 3. The minimum atomic E-state index is -0.656. The van der Waals surface area contributed by atoms with Crippen molar-refractivity contribution in [2.75, 3.05) is 32.7 Å². The molecule has 2 unspecified atom stereocenters. The number of nitrogens with zero attached hydrogens (tertiary/aromatic N) is 3. The third-order valence-corrected chi connectivity index (χ3v) is 7.09. The molecule has 0 bridgehead atoms. The van der Waals surface area contributed by atoms with Crippen molar-refractivity contribution in [2.45, 2.75) is 52.2 Å². The molecule has 0 aliphatic carbocycles. The van der Waals surface area contributed by atoms with Crippen LogP contribution in [0.1, 0.15) is 56.3 Å². The van der Waals surface area contributed by atoms with Gasteiger partial charge in [-0.25, -0.2) is 4.39 Å². The van der Waals surface area contributed by atoms with Crippen molar-refractivity contribution < 1.29 is 23.5 Å². The van der Waals surface area contributed by atoms with E-state index in [4.69, 9.17) is 4.74 Å². The Labute approximate surface area is 211 Å². The number of benzene rings is 2. The molecule has 0 spiro atoms. The lowest BCUT2D eigenvalue weighted by molar-refractivity contribution is -0.143. The highest BCUT2D eigenvalue weighted by atomic mass is 19.1. The van der Waals surface area contributed by atoms with E-state index in [2.05, 4.69) is 0 Å². The summed E-state index contributed by atoms with van der Waals surface area (Å²) >= 11 is 0. The van der Waals surface area contributed by atoms with Crippen LogP contribution in [0.15, 0.2) is 42.5 Å². The van der Waals surface area contributed by atoms with Crippen LogP contribution < -0.4 is 4.74 Å². The number of fused-ring (bicyclic) bond motifs is 1. The van der Waals surface area contributed by atoms with Gasteiger partial charge < -0.3 is 19.4 Å². The van der Waals surface area contributed by atoms with E-state index in [1.165, 1.54) is 19.1 Å². The number of carbonyl (C=O) groups excluding carboxylic acids is 3. The summed E-state index contributed by atoms with van der Waals surface area (Å²) in [5.74, 6) is 0.124. The maximum atomic E-state index is 14.1. The second-order valence-electron chi connectivity index (χ2n) is 9.35. The van der Waals surface area contributed by atoms with Gasteiger partial charge in [0, 0.05) is 46.1 Å². The Kier molecular flexibility index (Phi) is 7.91. The summed E-state index contributed by atoms with van der Waals surface area (Å²) in [5, 5.41) is 0. The Balaban J connectivity index is 1.59. The largest absolute Gasteiger partial charge is 0.481 e. The zero-order valence-electron chi connectivity index (χ0n) is 21.2. The van der Waals surface area contributed by atoms with Crippen molar-refractivity contribution in [3.05, 3.63) is 65.0 Å². The maximum absolute atomic E-state index is 14.1. The van der Waals surface area contributed by atoms with Crippen LogP contribution in [0.2, 0.25) is 0 Å². The van der Waals surface area contributed by atoms with E-state index in [9.17, 15) is 18.8 Å². The van der Waals surface area contributed by atoms with Crippen molar-refractivity contribution in [3.8, 4) is 5.75 Å². The van der Waals surface area contributed by atoms with E-state index < -0.39 is 12.1 Å². The minimum Gasteiger partial charge on any atom is -0.481 e. The number of carbonyl (C=O) groups is 3. The predicted molar refractivity (Wildman–Crippen MR) is 134 cm³/mol. The number of ether oxygens (including phenoxy) is 1. The molecule has 2 aromatic rings. The molecule has 2 aliphatic rings. The SMILES string of the molecule is CCC(=O)N1CCc2ccc(OC(CC)C(=O)N3CCN(C(C)=O)CC3)cc2C1c1cccc(F)c1. The van der Waals surface area contributed by atoms with Crippen LogP contribution in [0.3, 0.4) is 0 Å². The average molecular weight is 496 g/mol. The van der Waals surface area contributed by atoms with Crippen LogP contribution >= 0.6 is 0 Å². The molecule has 1 fully saturated rings. The number of rotatable bonds is 6. The van der Waals surface area contributed by atoms with Crippen molar-refractivity contribution >= 4 is 17.7 Å². The quantitative estimate of drug-likeness (QED) is 0.615. The smallest absolute Gasteiger partial charge is 0.263 e. The van der Waals surface area contributed by atoms with Gasteiger partial charge in [0.2, 0.25) is 11.8 Å². The first kappa shape index (κ1) is 25.7. The molecule has 7 nitrogen and oxygen atoms in total. The Hall–Kier alpha value is -3.42. The van der Waals surface area contributed by atoms with Crippen molar-refractivity contribution in [3.63, 3.8) is 0 Å². The van der Waals surface area contributed by atoms with Crippen LogP contribution in [0, 0.1) is 5.82 Å². The predicted octanol–water partition coefficient (Wildman–Crippen LogP) is 3.56. The molecule has 2 aromatic carbocycles. The second kappa shape index (κ2) is 11.1. The molecule has 8 heteroatoms. The highest BCUT2D eigenvalue weighted by Crippen LogP contribution is 2.38. The summed E-state index contributed by atoms with van der Waals surface area (Å²) in [5.41, 5.74) is 2.68. The standard InChI is InChI=1S/C28H34FN3O4/c1-4-25(28(35)31-15-13-30(14-16-31)19(3)33)36-23-10-9-20-11-12-32(26(34)5-2)27(24(20)18-23)21-7-6-8-22(29)17-21/h6-10,17-18,25,27H,4-5,11-16H2,1-3H3. The molecule has 0 N–H and O–H groups in total.